The third-order valence-corrected chi connectivity index (χ3v) is 6.69. The first-order valence-corrected chi connectivity index (χ1v) is 10.2. The van der Waals surface area contributed by atoms with E-state index in [-0.39, 0.29) is 12.5 Å². The average molecular weight is 421 g/mol. The quantitative estimate of drug-likeness (QED) is 0.636. The predicted molar refractivity (Wildman–Crippen MR) is 111 cm³/mol. The highest BCUT2D eigenvalue weighted by atomic mass is 16.5. The maximum atomic E-state index is 13.6. The van der Waals surface area contributed by atoms with Gasteiger partial charge in [-0.3, -0.25) is 24.6 Å². The van der Waals surface area contributed by atoms with E-state index < -0.39 is 41.3 Å². The summed E-state index contributed by atoms with van der Waals surface area (Å²) in [6.45, 7) is 1.60. The SMILES string of the molecule is COc1ccccc1CN1C(=O)[C@@H]2[C@H]([C@@H](C)O)N[C@@]3(C(=O)Nc4ccccc43)[C@@H]2C1=O. The standard InChI is InChI=1S/C23H23N3O5/c1-12(27)19-17-18(23(25-19)14-8-4-5-9-15(14)24-22(23)30)21(29)26(20(17)28)11-13-7-3-6-10-16(13)31-2/h3-10,12,17-19,25,27H,11H2,1-2H3,(H,24,30)/t12-,17+,18+,19+,23-/m1/s1. The largest absolute Gasteiger partial charge is 0.496 e. The topological polar surface area (TPSA) is 108 Å². The van der Waals surface area contributed by atoms with E-state index in [2.05, 4.69) is 10.6 Å². The number of imide groups is 1. The van der Waals surface area contributed by atoms with E-state index in [4.69, 9.17) is 4.74 Å². The van der Waals surface area contributed by atoms with Crippen molar-refractivity contribution in [2.45, 2.75) is 31.2 Å². The summed E-state index contributed by atoms with van der Waals surface area (Å²) in [7, 11) is 1.53. The van der Waals surface area contributed by atoms with Crippen molar-refractivity contribution >= 4 is 23.4 Å². The number of likely N-dealkylation sites (tertiary alicyclic amines) is 1. The average Bonchev–Trinajstić information content (AvgIpc) is 3.35. The van der Waals surface area contributed by atoms with E-state index in [1.807, 2.05) is 12.1 Å². The number of hydrogen-bond acceptors (Lipinski definition) is 6. The van der Waals surface area contributed by atoms with Gasteiger partial charge in [0.15, 0.2) is 0 Å². The van der Waals surface area contributed by atoms with Crippen molar-refractivity contribution in [3.63, 3.8) is 0 Å². The normalized spacial score (nSPS) is 29.8. The molecule has 8 nitrogen and oxygen atoms in total. The summed E-state index contributed by atoms with van der Waals surface area (Å²) < 4.78 is 5.37. The second-order valence-electron chi connectivity index (χ2n) is 8.30. The molecular weight excluding hydrogens is 398 g/mol. The summed E-state index contributed by atoms with van der Waals surface area (Å²) in [5.74, 6) is -2.43. The molecular formula is C23H23N3O5. The molecule has 1 spiro atoms. The van der Waals surface area contributed by atoms with Crippen molar-refractivity contribution in [3.05, 3.63) is 59.7 Å². The Morgan fingerprint density at radius 2 is 1.81 bits per heavy atom. The summed E-state index contributed by atoms with van der Waals surface area (Å²) in [4.78, 5) is 41.5. The fraction of sp³-hybridized carbons (Fsp3) is 0.348. The van der Waals surface area contributed by atoms with Gasteiger partial charge in [0.2, 0.25) is 17.7 Å². The predicted octanol–water partition coefficient (Wildman–Crippen LogP) is 0.997. The smallest absolute Gasteiger partial charge is 0.250 e. The Morgan fingerprint density at radius 3 is 2.55 bits per heavy atom. The summed E-state index contributed by atoms with van der Waals surface area (Å²) >= 11 is 0. The van der Waals surface area contributed by atoms with Crippen molar-refractivity contribution in [2.24, 2.45) is 11.8 Å². The van der Waals surface area contributed by atoms with Crippen LogP contribution >= 0.6 is 0 Å². The molecule has 31 heavy (non-hydrogen) atoms. The van der Waals surface area contributed by atoms with Crippen LogP contribution in [0.1, 0.15) is 18.1 Å². The first-order valence-electron chi connectivity index (χ1n) is 10.2. The number of nitrogens with one attached hydrogen (secondary N) is 2. The molecule has 3 heterocycles. The van der Waals surface area contributed by atoms with Crippen molar-refractivity contribution in [2.75, 3.05) is 12.4 Å². The molecule has 2 saturated heterocycles. The van der Waals surface area contributed by atoms with Gasteiger partial charge in [-0.15, -0.1) is 0 Å². The van der Waals surface area contributed by atoms with Crippen LogP contribution < -0.4 is 15.4 Å². The second-order valence-corrected chi connectivity index (χ2v) is 8.30. The number of ether oxygens (including phenoxy) is 1. The van der Waals surface area contributed by atoms with Gasteiger partial charge < -0.3 is 15.2 Å². The van der Waals surface area contributed by atoms with Crippen molar-refractivity contribution in [3.8, 4) is 5.75 Å². The molecule has 5 atom stereocenters. The van der Waals surface area contributed by atoms with Gasteiger partial charge in [-0.05, 0) is 19.1 Å². The van der Waals surface area contributed by atoms with E-state index in [0.29, 0.717) is 22.6 Å². The Bertz CT molecular complexity index is 1100. The van der Waals surface area contributed by atoms with Crippen LogP contribution in [0.2, 0.25) is 0 Å². The van der Waals surface area contributed by atoms with Gasteiger partial charge in [0.1, 0.15) is 11.3 Å². The zero-order valence-corrected chi connectivity index (χ0v) is 17.2. The number of nitrogens with zero attached hydrogens (tertiary/aromatic N) is 1. The number of fused-ring (bicyclic) bond motifs is 4. The fourth-order valence-corrected chi connectivity index (χ4v) is 5.32. The number of carbonyl (C=O) groups is 3. The minimum absolute atomic E-state index is 0.0422. The molecule has 2 fully saturated rings. The van der Waals surface area contributed by atoms with Crippen molar-refractivity contribution in [1.82, 2.24) is 10.2 Å². The van der Waals surface area contributed by atoms with Gasteiger partial charge in [0.25, 0.3) is 0 Å². The minimum Gasteiger partial charge on any atom is -0.496 e. The van der Waals surface area contributed by atoms with Crippen LogP contribution in [0.4, 0.5) is 5.69 Å². The number of rotatable bonds is 4. The lowest BCUT2D eigenvalue weighted by atomic mass is 9.76. The zero-order chi connectivity index (χ0) is 21.9. The van der Waals surface area contributed by atoms with Gasteiger partial charge in [-0.2, -0.15) is 0 Å². The third kappa shape index (κ3) is 2.58. The molecule has 3 aliphatic rings. The molecule has 0 aliphatic carbocycles. The maximum Gasteiger partial charge on any atom is 0.250 e. The molecule has 0 saturated carbocycles. The van der Waals surface area contributed by atoms with Gasteiger partial charge in [0, 0.05) is 22.9 Å². The summed E-state index contributed by atoms with van der Waals surface area (Å²) in [5.41, 5.74) is 0.524. The Labute approximate surface area is 179 Å². The first-order chi connectivity index (χ1) is 14.9. The Morgan fingerprint density at radius 1 is 1.10 bits per heavy atom. The Hall–Kier alpha value is -3.23. The minimum atomic E-state index is -1.40. The van der Waals surface area contributed by atoms with E-state index in [1.165, 1.54) is 12.0 Å². The number of aliphatic hydroxyl groups excluding tert-OH is 1. The molecule has 3 aliphatic heterocycles. The lowest BCUT2D eigenvalue weighted by Crippen LogP contribution is -2.54. The van der Waals surface area contributed by atoms with Crippen LogP contribution in [0.3, 0.4) is 0 Å². The van der Waals surface area contributed by atoms with Crippen LogP contribution in [0.25, 0.3) is 0 Å². The van der Waals surface area contributed by atoms with Crippen LogP contribution in [0, 0.1) is 11.8 Å². The molecule has 0 unspecified atom stereocenters. The van der Waals surface area contributed by atoms with Crippen LogP contribution in [0.15, 0.2) is 48.5 Å². The molecule has 160 valence electrons. The van der Waals surface area contributed by atoms with Crippen LogP contribution in [-0.2, 0) is 26.5 Å². The number of methoxy groups -OCH3 is 1. The summed E-state index contributed by atoms with van der Waals surface area (Å²) in [6.07, 6.45) is -0.935. The molecule has 2 aromatic carbocycles. The van der Waals surface area contributed by atoms with Gasteiger partial charge >= 0.3 is 0 Å². The van der Waals surface area contributed by atoms with Gasteiger partial charge in [0.05, 0.1) is 31.6 Å². The number of para-hydroxylation sites is 2. The molecule has 0 radical (unpaired) electrons. The summed E-state index contributed by atoms with van der Waals surface area (Å²) in [6, 6.07) is 13.6. The van der Waals surface area contributed by atoms with Crippen molar-refractivity contribution < 1.29 is 24.2 Å². The third-order valence-electron chi connectivity index (χ3n) is 6.69. The van der Waals surface area contributed by atoms with E-state index in [1.54, 1.807) is 43.3 Å². The lowest BCUT2D eigenvalue weighted by molar-refractivity contribution is -0.143. The van der Waals surface area contributed by atoms with Crippen LogP contribution in [-0.4, -0.2) is 47.0 Å². The number of aliphatic hydroxyl groups is 1. The van der Waals surface area contributed by atoms with Crippen molar-refractivity contribution in [1.29, 1.82) is 0 Å². The molecule has 0 bridgehead atoms. The van der Waals surface area contributed by atoms with Gasteiger partial charge in [-0.25, -0.2) is 0 Å². The fourth-order valence-electron chi connectivity index (χ4n) is 5.32. The molecule has 0 aromatic heterocycles. The first kappa shape index (κ1) is 19.7. The molecule has 3 amide bonds. The molecule has 3 N–H and O–H groups in total. The van der Waals surface area contributed by atoms with Gasteiger partial charge in [-0.1, -0.05) is 36.4 Å². The highest BCUT2D eigenvalue weighted by Gasteiger charge is 2.71. The molecule has 5 rings (SSSR count). The second kappa shape index (κ2) is 6.90. The Kier molecular flexibility index (Phi) is 4.39. The number of carbonyl (C=O) groups excluding carboxylic acids is 3. The van der Waals surface area contributed by atoms with E-state index in [9.17, 15) is 19.5 Å². The highest BCUT2D eigenvalue weighted by molar-refractivity contribution is 6.15. The lowest BCUT2D eigenvalue weighted by Gasteiger charge is -2.30. The van der Waals surface area contributed by atoms with E-state index >= 15 is 0 Å². The highest BCUT2D eigenvalue weighted by Crippen LogP contribution is 2.53. The zero-order valence-electron chi connectivity index (χ0n) is 17.2. The number of benzene rings is 2. The number of hydrogen-bond donors (Lipinski definition) is 3. The number of anilines is 1. The maximum absolute atomic E-state index is 13.6. The Balaban J connectivity index is 1.60. The van der Waals surface area contributed by atoms with Crippen LogP contribution in [0.5, 0.6) is 5.75 Å². The monoisotopic (exact) mass is 421 g/mol. The summed E-state index contributed by atoms with van der Waals surface area (Å²) in [5, 5.41) is 16.5. The number of amides is 3. The molecule has 2 aromatic rings. The van der Waals surface area contributed by atoms with E-state index in [0.717, 1.165) is 0 Å². The molecule has 8 heteroatoms.